The van der Waals surface area contributed by atoms with Crippen molar-refractivity contribution < 1.29 is 4.79 Å². The number of hydrogen-bond acceptors (Lipinski definition) is 3. The van der Waals surface area contributed by atoms with Crippen LogP contribution < -0.4 is 16.4 Å². The Balaban J connectivity index is 1.90. The van der Waals surface area contributed by atoms with Gasteiger partial charge >= 0.3 is 0 Å². The Hall–Kier alpha value is -1.26. The molecule has 0 aromatic heterocycles. The molecule has 5 heteroatoms. The number of anilines is 1. The van der Waals surface area contributed by atoms with Crippen LogP contribution in [0.3, 0.4) is 0 Å². The third-order valence-electron chi connectivity index (χ3n) is 3.23. The van der Waals surface area contributed by atoms with Crippen LogP contribution in [-0.2, 0) is 11.3 Å². The zero-order chi connectivity index (χ0) is 13.0. The number of piperidine rings is 1. The lowest BCUT2D eigenvalue weighted by atomic mass is 9.97. The molecular weight excluding hydrogens is 250 g/mol. The van der Waals surface area contributed by atoms with Crippen LogP contribution in [0.15, 0.2) is 18.2 Å². The van der Waals surface area contributed by atoms with Crippen LogP contribution in [0, 0.1) is 5.92 Å². The number of nitrogens with one attached hydrogen (secondary N) is 2. The lowest BCUT2D eigenvalue weighted by Crippen LogP contribution is -2.37. The molecule has 18 heavy (non-hydrogen) atoms. The molecule has 1 aliphatic rings. The molecule has 1 saturated heterocycles. The third-order valence-corrected chi connectivity index (χ3v) is 3.60. The van der Waals surface area contributed by atoms with E-state index in [0.29, 0.717) is 17.3 Å². The smallest absolute Gasteiger partial charge is 0.223 e. The lowest BCUT2D eigenvalue weighted by molar-refractivity contribution is -0.125. The number of carbonyl (C=O) groups excluding carboxylic acids is 1. The number of rotatable bonds is 3. The van der Waals surface area contributed by atoms with E-state index in [4.69, 9.17) is 17.3 Å². The summed E-state index contributed by atoms with van der Waals surface area (Å²) in [5, 5.41) is 6.81. The number of carbonyl (C=O) groups is 1. The first-order valence-electron chi connectivity index (χ1n) is 6.19. The summed E-state index contributed by atoms with van der Waals surface area (Å²) in [5.41, 5.74) is 7.22. The van der Waals surface area contributed by atoms with Crippen LogP contribution in [0.1, 0.15) is 18.4 Å². The van der Waals surface area contributed by atoms with Crippen molar-refractivity contribution in [1.29, 1.82) is 0 Å². The molecule has 0 aliphatic carbocycles. The van der Waals surface area contributed by atoms with Gasteiger partial charge in [0.1, 0.15) is 0 Å². The molecule has 0 saturated carbocycles. The van der Waals surface area contributed by atoms with E-state index in [9.17, 15) is 4.79 Å². The summed E-state index contributed by atoms with van der Waals surface area (Å²) in [6.45, 7) is 2.26. The molecule has 1 amide bonds. The van der Waals surface area contributed by atoms with Gasteiger partial charge in [-0.2, -0.15) is 0 Å². The van der Waals surface area contributed by atoms with E-state index >= 15 is 0 Å². The Bertz CT molecular complexity index is 430. The van der Waals surface area contributed by atoms with E-state index in [0.717, 1.165) is 31.5 Å². The van der Waals surface area contributed by atoms with Crippen molar-refractivity contribution in [2.45, 2.75) is 19.4 Å². The van der Waals surface area contributed by atoms with Crippen molar-refractivity contribution in [3.05, 3.63) is 28.8 Å². The summed E-state index contributed by atoms with van der Waals surface area (Å²) in [6.07, 6.45) is 1.80. The molecule has 1 aromatic carbocycles. The maximum atomic E-state index is 12.0. The van der Waals surface area contributed by atoms with E-state index in [1.54, 1.807) is 18.2 Å². The largest absolute Gasteiger partial charge is 0.399 e. The van der Waals surface area contributed by atoms with Gasteiger partial charge in [0.05, 0.1) is 0 Å². The molecule has 1 fully saturated rings. The first-order valence-corrected chi connectivity index (χ1v) is 6.57. The molecule has 0 spiro atoms. The molecule has 98 valence electrons. The Morgan fingerprint density at radius 3 is 2.89 bits per heavy atom. The van der Waals surface area contributed by atoms with E-state index in [1.807, 2.05) is 0 Å². The molecule has 0 bridgehead atoms. The monoisotopic (exact) mass is 267 g/mol. The topological polar surface area (TPSA) is 67.1 Å². The predicted octanol–water partition coefficient (Wildman–Crippen LogP) is 1.54. The Kier molecular flexibility index (Phi) is 4.44. The maximum absolute atomic E-state index is 12.0. The third kappa shape index (κ3) is 3.37. The first kappa shape index (κ1) is 13.2. The van der Waals surface area contributed by atoms with Crippen molar-refractivity contribution in [2.24, 2.45) is 5.92 Å². The molecule has 4 nitrogen and oxygen atoms in total. The maximum Gasteiger partial charge on any atom is 0.223 e. The van der Waals surface area contributed by atoms with Gasteiger partial charge in [-0.25, -0.2) is 0 Å². The van der Waals surface area contributed by atoms with E-state index in [2.05, 4.69) is 10.6 Å². The van der Waals surface area contributed by atoms with Crippen molar-refractivity contribution in [3.8, 4) is 0 Å². The summed E-state index contributed by atoms with van der Waals surface area (Å²) in [6, 6.07) is 5.30. The number of amides is 1. The molecule has 0 radical (unpaired) electrons. The minimum absolute atomic E-state index is 0.106. The van der Waals surface area contributed by atoms with Gasteiger partial charge < -0.3 is 16.4 Å². The van der Waals surface area contributed by atoms with Crippen LogP contribution in [0.2, 0.25) is 5.02 Å². The van der Waals surface area contributed by atoms with Gasteiger partial charge in [-0.05, 0) is 49.7 Å². The van der Waals surface area contributed by atoms with Crippen LogP contribution >= 0.6 is 11.6 Å². The zero-order valence-electron chi connectivity index (χ0n) is 10.2. The second-order valence-electron chi connectivity index (χ2n) is 4.59. The average Bonchev–Trinajstić information content (AvgIpc) is 2.40. The highest BCUT2D eigenvalue weighted by Crippen LogP contribution is 2.19. The number of halogens is 1. The summed E-state index contributed by atoms with van der Waals surface area (Å²) < 4.78 is 0. The highest BCUT2D eigenvalue weighted by Gasteiger charge is 2.20. The van der Waals surface area contributed by atoms with Gasteiger partial charge in [-0.15, -0.1) is 0 Å². The number of hydrogen-bond donors (Lipinski definition) is 3. The molecule has 4 N–H and O–H groups in total. The second-order valence-corrected chi connectivity index (χ2v) is 5.00. The van der Waals surface area contributed by atoms with Crippen molar-refractivity contribution in [1.82, 2.24) is 10.6 Å². The van der Waals surface area contributed by atoms with Crippen LogP contribution in [0.4, 0.5) is 5.69 Å². The van der Waals surface area contributed by atoms with Gasteiger partial charge in [0.15, 0.2) is 0 Å². The minimum atomic E-state index is 0.106. The number of nitrogens with two attached hydrogens (primary N) is 1. The van der Waals surface area contributed by atoms with Gasteiger partial charge in [0, 0.05) is 23.2 Å². The van der Waals surface area contributed by atoms with E-state index < -0.39 is 0 Å². The van der Waals surface area contributed by atoms with Crippen molar-refractivity contribution in [3.63, 3.8) is 0 Å². The standard InChI is InChI=1S/C13H18ClN3O/c14-12-2-1-11(15)7-10(12)8-17-13(18)9-3-5-16-6-4-9/h1-2,7,9,16H,3-6,8,15H2,(H,17,18). The number of nitrogen functional groups attached to an aromatic ring is 1. The van der Waals surface area contributed by atoms with Gasteiger partial charge in [0.25, 0.3) is 0 Å². The lowest BCUT2D eigenvalue weighted by Gasteiger charge is -2.21. The second kappa shape index (κ2) is 6.07. The highest BCUT2D eigenvalue weighted by molar-refractivity contribution is 6.31. The summed E-state index contributed by atoms with van der Waals surface area (Å²) in [5.74, 6) is 0.223. The molecule has 0 unspecified atom stereocenters. The zero-order valence-corrected chi connectivity index (χ0v) is 11.0. The molecule has 1 heterocycles. The minimum Gasteiger partial charge on any atom is -0.399 e. The normalized spacial score (nSPS) is 16.5. The molecule has 0 atom stereocenters. The Labute approximate surface area is 112 Å². The predicted molar refractivity (Wildman–Crippen MR) is 73.3 cm³/mol. The van der Waals surface area contributed by atoms with Gasteiger partial charge in [0.2, 0.25) is 5.91 Å². The van der Waals surface area contributed by atoms with Crippen LogP contribution in [-0.4, -0.2) is 19.0 Å². The van der Waals surface area contributed by atoms with E-state index in [-0.39, 0.29) is 11.8 Å². The fourth-order valence-corrected chi connectivity index (χ4v) is 2.33. The fourth-order valence-electron chi connectivity index (χ4n) is 2.14. The molecular formula is C13H18ClN3O. The fraction of sp³-hybridized carbons (Fsp3) is 0.462. The van der Waals surface area contributed by atoms with Gasteiger partial charge in [-0.3, -0.25) is 4.79 Å². The summed E-state index contributed by atoms with van der Waals surface area (Å²) >= 11 is 6.05. The van der Waals surface area contributed by atoms with Crippen LogP contribution in [0.5, 0.6) is 0 Å². The SMILES string of the molecule is Nc1ccc(Cl)c(CNC(=O)C2CCNCC2)c1. The Morgan fingerprint density at radius 2 is 2.17 bits per heavy atom. The summed E-state index contributed by atoms with van der Waals surface area (Å²) in [7, 11) is 0. The van der Waals surface area contributed by atoms with E-state index in [1.165, 1.54) is 0 Å². The Morgan fingerprint density at radius 1 is 1.44 bits per heavy atom. The van der Waals surface area contributed by atoms with Gasteiger partial charge in [-0.1, -0.05) is 11.6 Å². The quantitative estimate of drug-likeness (QED) is 0.728. The molecule has 1 aromatic rings. The summed E-state index contributed by atoms with van der Waals surface area (Å²) in [4.78, 5) is 12.0. The van der Waals surface area contributed by atoms with Crippen molar-refractivity contribution in [2.75, 3.05) is 18.8 Å². The highest BCUT2D eigenvalue weighted by atomic mass is 35.5. The van der Waals surface area contributed by atoms with Crippen LogP contribution in [0.25, 0.3) is 0 Å². The number of benzene rings is 1. The molecule has 2 rings (SSSR count). The average molecular weight is 268 g/mol. The molecule has 1 aliphatic heterocycles. The van der Waals surface area contributed by atoms with Crippen molar-refractivity contribution >= 4 is 23.2 Å². The first-order chi connectivity index (χ1) is 8.66.